The Morgan fingerprint density at radius 1 is 1.00 bits per heavy atom. The SMILES string of the molecule is C=C(CC[C@@H](C)[C@@H]1CC[C@]2(C)C3=C(CC[C@@]12C)[C@@H]1CC[C@H](O)C(C)(C)[C@@H]1CC3)C(C)C. The molecule has 0 aliphatic heterocycles. The van der Waals surface area contributed by atoms with Gasteiger partial charge in [-0.25, -0.2) is 0 Å². The highest BCUT2D eigenvalue weighted by Gasteiger charge is 2.61. The van der Waals surface area contributed by atoms with E-state index < -0.39 is 0 Å². The molecule has 176 valence electrons. The van der Waals surface area contributed by atoms with Crippen LogP contribution in [0.15, 0.2) is 23.3 Å². The molecule has 0 aromatic heterocycles. The van der Waals surface area contributed by atoms with Crippen LogP contribution < -0.4 is 0 Å². The van der Waals surface area contributed by atoms with Crippen molar-refractivity contribution in [1.82, 2.24) is 0 Å². The van der Waals surface area contributed by atoms with Crippen LogP contribution in [0.1, 0.15) is 113 Å². The van der Waals surface area contributed by atoms with Crippen molar-refractivity contribution in [2.24, 2.45) is 45.8 Å². The Morgan fingerprint density at radius 2 is 1.71 bits per heavy atom. The largest absolute Gasteiger partial charge is 0.393 e. The summed E-state index contributed by atoms with van der Waals surface area (Å²) in [4.78, 5) is 0. The van der Waals surface area contributed by atoms with E-state index in [0.717, 1.165) is 24.2 Å². The van der Waals surface area contributed by atoms with Crippen molar-refractivity contribution >= 4 is 0 Å². The molecule has 0 unspecified atom stereocenters. The molecule has 2 saturated carbocycles. The second-order valence-corrected chi connectivity index (χ2v) is 13.4. The summed E-state index contributed by atoms with van der Waals surface area (Å²) in [5.74, 6) is 3.70. The average Bonchev–Trinajstić information content (AvgIpc) is 3.00. The zero-order chi connectivity index (χ0) is 22.8. The van der Waals surface area contributed by atoms with Crippen molar-refractivity contribution in [3.63, 3.8) is 0 Å². The first-order valence-electron chi connectivity index (χ1n) is 13.5. The van der Waals surface area contributed by atoms with E-state index in [-0.39, 0.29) is 11.5 Å². The topological polar surface area (TPSA) is 20.2 Å². The lowest BCUT2D eigenvalue weighted by Crippen LogP contribution is -2.50. The van der Waals surface area contributed by atoms with Crippen LogP contribution in [0.3, 0.4) is 0 Å². The van der Waals surface area contributed by atoms with Crippen molar-refractivity contribution in [3.05, 3.63) is 23.3 Å². The highest BCUT2D eigenvalue weighted by molar-refractivity contribution is 5.36. The molecule has 0 amide bonds. The second kappa shape index (κ2) is 8.03. The first-order valence-corrected chi connectivity index (χ1v) is 13.5. The van der Waals surface area contributed by atoms with E-state index >= 15 is 0 Å². The zero-order valence-electron chi connectivity index (χ0n) is 21.7. The molecule has 1 heteroatoms. The zero-order valence-corrected chi connectivity index (χ0v) is 21.7. The van der Waals surface area contributed by atoms with Gasteiger partial charge in [0.25, 0.3) is 0 Å². The number of hydrogen-bond acceptors (Lipinski definition) is 1. The highest BCUT2D eigenvalue weighted by atomic mass is 16.3. The van der Waals surface area contributed by atoms with Crippen molar-refractivity contribution < 1.29 is 5.11 Å². The van der Waals surface area contributed by atoms with Gasteiger partial charge in [0.15, 0.2) is 0 Å². The van der Waals surface area contributed by atoms with E-state index in [1.54, 1.807) is 0 Å². The van der Waals surface area contributed by atoms with Crippen LogP contribution in [-0.2, 0) is 0 Å². The van der Waals surface area contributed by atoms with E-state index in [2.05, 4.69) is 55.0 Å². The summed E-state index contributed by atoms with van der Waals surface area (Å²) < 4.78 is 0. The summed E-state index contributed by atoms with van der Waals surface area (Å²) in [7, 11) is 0. The van der Waals surface area contributed by atoms with E-state index in [0.29, 0.717) is 22.7 Å². The molecule has 4 rings (SSSR count). The summed E-state index contributed by atoms with van der Waals surface area (Å²) in [6, 6.07) is 0. The molecule has 31 heavy (non-hydrogen) atoms. The van der Waals surface area contributed by atoms with Gasteiger partial charge in [-0.3, -0.25) is 0 Å². The normalized spacial score (nSPS) is 42.7. The second-order valence-electron chi connectivity index (χ2n) is 13.4. The number of aliphatic hydroxyl groups is 1. The molecule has 0 heterocycles. The van der Waals surface area contributed by atoms with Crippen LogP contribution in [0.25, 0.3) is 0 Å². The molecule has 0 bridgehead atoms. The molecule has 0 saturated heterocycles. The van der Waals surface area contributed by atoms with E-state index in [4.69, 9.17) is 0 Å². The molecule has 0 aromatic carbocycles. The number of fused-ring (bicyclic) bond motifs is 4. The van der Waals surface area contributed by atoms with Crippen LogP contribution in [0, 0.1) is 45.8 Å². The van der Waals surface area contributed by atoms with Crippen LogP contribution in [0.4, 0.5) is 0 Å². The summed E-state index contributed by atoms with van der Waals surface area (Å²) >= 11 is 0. The van der Waals surface area contributed by atoms with Crippen LogP contribution >= 0.6 is 0 Å². The summed E-state index contributed by atoms with van der Waals surface area (Å²) in [5, 5.41) is 10.7. The van der Waals surface area contributed by atoms with Gasteiger partial charge in [-0.15, -0.1) is 0 Å². The minimum absolute atomic E-state index is 0.0780. The van der Waals surface area contributed by atoms with Crippen molar-refractivity contribution in [2.45, 2.75) is 119 Å². The smallest absolute Gasteiger partial charge is 0.0594 e. The Hall–Kier alpha value is -0.560. The molecule has 1 nitrogen and oxygen atoms in total. The Kier molecular flexibility index (Phi) is 6.11. The molecule has 4 aliphatic rings. The van der Waals surface area contributed by atoms with Gasteiger partial charge in [0.05, 0.1) is 6.10 Å². The Morgan fingerprint density at radius 3 is 2.39 bits per heavy atom. The van der Waals surface area contributed by atoms with Crippen LogP contribution in [0.2, 0.25) is 0 Å². The van der Waals surface area contributed by atoms with E-state index in [1.807, 2.05) is 11.1 Å². The first-order chi connectivity index (χ1) is 14.4. The molecule has 2 fully saturated rings. The predicted octanol–water partition coefficient (Wildman–Crippen LogP) is 8.34. The van der Waals surface area contributed by atoms with E-state index in [1.165, 1.54) is 63.4 Å². The fourth-order valence-corrected chi connectivity index (χ4v) is 8.94. The summed E-state index contributed by atoms with van der Waals surface area (Å²) in [6.45, 7) is 21.5. The Balaban J connectivity index is 1.58. The maximum Gasteiger partial charge on any atom is 0.0594 e. The standard InChI is InChI=1S/C30H50O/c1-19(2)20(3)9-10-21(4)24-16-18-30(8)26-13-12-25-22(11-14-27(31)28(25,5)6)23(26)15-17-29(24,30)7/h19,21-22,24-25,27,31H,3,9-18H2,1-2,4-8H3/t21-,22+,24+,25-,27+,29+,30-/m1/s1. The molecule has 4 aliphatic carbocycles. The van der Waals surface area contributed by atoms with Gasteiger partial charge >= 0.3 is 0 Å². The summed E-state index contributed by atoms with van der Waals surface area (Å²) in [6.07, 6.45) is 12.7. The molecular formula is C30H50O. The molecule has 0 radical (unpaired) electrons. The lowest BCUT2D eigenvalue weighted by Gasteiger charge is -2.58. The maximum atomic E-state index is 10.7. The number of aliphatic hydroxyl groups excluding tert-OH is 1. The molecule has 7 atom stereocenters. The van der Waals surface area contributed by atoms with Crippen molar-refractivity contribution in [3.8, 4) is 0 Å². The minimum atomic E-state index is -0.113. The molecule has 0 aromatic rings. The first kappa shape index (κ1) is 23.6. The third kappa shape index (κ3) is 3.51. The highest BCUT2D eigenvalue weighted by Crippen LogP contribution is 2.70. The van der Waals surface area contributed by atoms with E-state index in [9.17, 15) is 5.11 Å². The third-order valence-corrected chi connectivity index (χ3v) is 11.6. The average molecular weight is 427 g/mol. The lowest BCUT2D eigenvalue weighted by atomic mass is 9.47. The van der Waals surface area contributed by atoms with Crippen LogP contribution in [-0.4, -0.2) is 11.2 Å². The Labute approximate surface area is 193 Å². The number of allylic oxidation sites excluding steroid dienone is 3. The van der Waals surface area contributed by atoms with Gasteiger partial charge in [-0.2, -0.15) is 0 Å². The van der Waals surface area contributed by atoms with Gasteiger partial charge in [0.1, 0.15) is 0 Å². The van der Waals surface area contributed by atoms with Gasteiger partial charge in [-0.05, 0) is 110 Å². The van der Waals surface area contributed by atoms with Gasteiger partial charge in [0.2, 0.25) is 0 Å². The predicted molar refractivity (Wildman–Crippen MR) is 133 cm³/mol. The van der Waals surface area contributed by atoms with Crippen molar-refractivity contribution in [1.29, 1.82) is 0 Å². The number of hydrogen-bond donors (Lipinski definition) is 1. The van der Waals surface area contributed by atoms with Gasteiger partial charge in [-0.1, -0.05) is 71.8 Å². The summed E-state index contributed by atoms with van der Waals surface area (Å²) in [5.41, 5.74) is 6.12. The number of rotatable bonds is 5. The lowest BCUT2D eigenvalue weighted by molar-refractivity contribution is -0.0627. The molecule has 0 spiro atoms. The quantitative estimate of drug-likeness (QED) is 0.438. The Bertz CT molecular complexity index is 742. The molecule has 1 N–H and O–H groups in total. The minimum Gasteiger partial charge on any atom is -0.393 e. The fourth-order valence-electron chi connectivity index (χ4n) is 8.94. The maximum absolute atomic E-state index is 10.7. The van der Waals surface area contributed by atoms with Crippen LogP contribution in [0.5, 0.6) is 0 Å². The monoisotopic (exact) mass is 426 g/mol. The van der Waals surface area contributed by atoms with Gasteiger partial charge in [0, 0.05) is 0 Å². The van der Waals surface area contributed by atoms with Gasteiger partial charge < -0.3 is 5.11 Å². The van der Waals surface area contributed by atoms with Crippen molar-refractivity contribution in [2.75, 3.05) is 0 Å². The molecular weight excluding hydrogens is 376 g/mol. The third-order valence-electron chi connectivity index (χ3n) is 11.6. The fraction of sp³-hybridized carbons (Fsp3) is 0.867.